The predicted molar refractivity (Wildman–Crippen MR) is 125 cm³/mol. The van der Waals surface area contributed by atoms with E-state index < -0.39 is 0 Å². The van der Waals surface area contributed by atoms with Crippen LogP contribution in [-0.2, 0) is 13.2 Å². The van der Waals surface area contributed by atoms with Crippen molar-refractivity contribution in [3.05, 3.63) is 95.6 Å². The van der Waals surface area contributed by atoms with Gasteiger partial charge in [-0.2, -0.15) is 5.10 Å². The third-order valence-corrected chi connectivity index (χ3v) is 5.29. The van der Waals surface area contributed by atoms with Crippen molar-refractivity contribution in [3.8, 4) is 11.5 Å². The number of hydrogen-bond acceptors (Lipinski definition) is 5. The maximum Gasteiger partial charge on any atom is 0.162 e. The first kappa shape index (κ1) is 20.9. The quantitative estimate of drug-likeness (QED) is 0.510. The monoisotopic (exact) mass is 415 g/mol. The summed E-state index contributed by atoms with van der Waals surface area (Å²) in [6.07, 6.45) is 1.90. The number of likely N-dealkylation sites (N-methyl/N-ethyl adjacent to an activating group) is 1. The van der Waals surface area contributed by atoms with Gasteiger partial charge in [0, 0.05) is 26.2 Å². The molecule has 1 aliphatic rings. The predicted octanol–water partition coefficient (Wildman–Crippen LogP) is 4.43. The number of hydrogen-bond donors (Lipinski definition) is 0. The number of nitrogens with zero attached hydrogens (tertiary/aromatic N) is 3. The minimum Gasteiger partial charge on any atom is -0.485 e. The zero-order valence-electron chi connectivity index (χ0n) is 18.0. The van der Waals surface area contributed by atoms with Crippen LogP contribution < -0.4 is 9.47 Å². The zero-order valence-corrected chi connectivity index (χ0v) is 18.0. The largest absolute Gasteiger partial charge is 0.485 e. The summed E-state index contributed by atoms with van der Waals surface area (Å²) in [4.78, 5) is 2.32. The number of benzene rings is 3. The number of ether oxygens (including phenoxy) is 2. The molecular formula is C26H29N3O2. The van der Waals surface area contributed by atoms with Gasteiger partial charge in [-0.05, 0) is 41.9 Å². The summed E-state index contributed by atoms with van der Waals surface area (Å²) >= 11 is 0. The molecule has 3 aromatic rings. The Morgan fingerprint density at radius 3 is 1.94 bits per heavy atom. The van der Waals surface area contributed by atoms with Crippen LogP contribution in [0.4, 0.5) is 0 Å². The number of rotatable bonds is 8. The van der Waals surface area contributed by atoms with E-state index in [4.69, 9.17) is 9.47 Å². The van der Waals surface area contributed by atoms with Crippen LogP contribution in [0.1, 0.15) is 16.7 Å². The molecule has 1 fully saturated rings. The molecule has 4 rings (SSSR count). The minimum atomic E-state index is 0.488. The Hall–Kier alpha value is -3.31. The van der Waals surface area contributed by atoms with Crippen LogP contribution in [0.15, 0.2) is 84.0 Å². The summed E-state index contributed by atoms with van der Waals surface area (Å²) in [6.45, 7) is 4.95. The normalized spacial score (nSPS) is 14.7. The SMILES string of the molecule is CN1CCN(N=Cc2ccc(OCc3ccccc3)c(OCc3ccccc3)c2)CC1. The van der Waals surface area contributed by atoms with Crippen LogP contribution in [0.5, 0.6) is 11.5 Å². The van der Waals surface area contributed by atoms with E-state index >= 15 is 0 Å². The van der Waals surface area contributed by atoms with Crippen molar-refractivity contribution in [2.45, 2.75) is 13.2 Å². The molecule has 0 radical (unpaired) electrons. The van der Waals surface area contributed by atoms with Crippen LogP contribution in [0.2, 0.25) is 0 Å². The average molecular weight is 416 g/mol. The van der Waals surface area contributed by atoms with E-state index in [0.29, 0.717) is 13.2 Å². The molecule has 5 nitrogen and oxygen atoms in total. The molecule has 1 heterocycles. The Bertz CT molecular complexity index is 968. The Balaban J connectivity index is 1.47. The van der Waals surface area contributed by atoms with Crippen molar-refractivity contribution in [2.75, 3.05) is 33.2 Å². The third kappa shape index (κ3) is 6.33. The fraction of sp³-hybridized carbons (Fsp3) is 0.269. The lowest BCUT2D eigenvalue weighted by Crippen LogP contribution is -2.41. The molecule has 31 heavy (non-hydrogen) atoms. The first-order valence-electron chi connectivity index (χ1n) is 10.7. The van der Waals surface area contributed by atoms with E-state index in [1.165, 1.54) is 0 Å². The summed E-state index contributed by atoms with van der Waals surface area (Å²) in [7, 11) is 2.14. The van der Waals surface area contributed by atoms with Crippen molar-refractivity contribution < 1.29 is 9.47 Å². The molecule has 0 amide bonds. The molecular weight excluding hydrogens is 386 g/mol. The lowest BCUT2D eigenvalue weighted by Gasteiger charge is -2.30. The second kappa shape index (κ2) is 10.6. The number of piperazine rings is 1. The Morgan fingerprint density at radius 2 is 1.32 bits per heavy atom. The molecule has 160 valence electrons. The molecule has 0 aromatic heterocycles. The highest BCUT2D eigenvalue weighted by molar-refractivity contribution is 5.80. The van der Waals surface area contributed by atoms with Gasteiger partial charge in [0.15, 0.2) is 11.5 Å². The maximum atomic E-state index is 6.15. The standard InChI is InChI=1S/C26H29N3O2/c1-28-14-16-29(17-15-28)27-19-24-12-13-25(30-20-22-8-4-2-5-9-22)26(18-24)31-21-23-10-6-3-7-11-23/h2-13,18-19H,14-17,20-21H2,1H3. The van der Waals surface area contributed by atoms with E-state index in [0.717, 1.165) is 54.4 Å². The van der Waals surface area contributed by atoms with Gasteiger partial charge in [-0.25, -0.2) is 0 Å². The fourth-order valence-corrected chi connectivity index (χ4v) is 3.37. The lowest BCUT2D eigenvalue weighted by atomic mass is 10.2. The lowest BCUT2D eigenvalue weighted by molar-refractivity contribution is 0.159. The summed E-state index contributed by atoms with van der Waals surface area (Å²) in [6, 6.07) is 26.3. The molecule has 1 aliphatic heterocycles. The first-order valence-corrected chi connectivity index (χ1v) is 10.7. The smallest absolute Gasteiger partial charge is 0.162 e. The summed E-state index contributed by atoms with van der Waals surface area (Å²) in [5.41, 5.74) is 3.24. The van der Waals surface area contributed by atoms with Gasteiger partial charge in [0.25, 0.3) is 0 Å². The third-order valence-electron chi connectivity index (χ3n) is 5.29. The molecule has 0 saturated carbocycles. The van der Waals surface area contributed by atoms with Crippen LogP contribution >= 0.6 is 0 Å². The zero-order chi connectivity index (χ0) is 21.3. The van der Waals surface area contributed by atoms with Gasteiger partial charge < -0.3 is 14.4 Å². The molecule has 0 N–H and O–H groups in total. The van der Waals surface area contributed by atoms with Crippen molar-refractivity contribution >= 4 is 6.21 Å². The summed E-state index contributed by atoms with van der Waals surface area (Å²) in [5.74, 6) is 1.46. The van der Waals surface area contributed by atoms with E-state index in [2.05, 4.69) is 46.3 Å². The molecule has 1 saturated heterocycles. The highest BCUT2D eigenvalue weighted by Crippen LogP contribution is 2.30. The summed E-state index contributed by atoms with van der Waals surface area (Å²) in [5, 5.41) is 6.77. The fourth-order valence-electron chi connectivity index (χ4n) is 3.37. The van der Waals surface area contributed by atoms with Gasteiger partial charge in [0.2, 0.25) is 0 Å². The molecule has 0 bridgehead atoms. The maximum absolute atomic E-state index is 6.15. The van der Waals surface area contributed by atoms with E-state index in [1.807, 2.05) is 60.8 Å². The molecule has 0 unspecified atom stereocenters. The topological polar surface area (TPSA) is 37.3 Å². The van der Waals surface area contributed by atoms with E-state index in [1.54, 1.807) is 0 Å². The average Bonchev–Trinajstić information content (AvgIpc) is 2.83. The van der Waals surface area contributed by atoms with Gasteiger partial charge in [-0.15, -0.1) is 0 Å². The van der Waals surface area contributed by atoms with E-state index in [-0.39, 0.29) is 0 Å². The second-order valence-electron chi connectivity index (χ2n) is 7.76. The van der Waals surface area contributed by atoms with Crippen LogP contribution in [0.3, 0.4) is 0 Å². The Labute approximate surface area is 184 Å². The van der Waals surface area contributed by atoms with Gasteiger partial charge in [0.05, 0.1) is 6.21 Å². The van der Waals surface area contributed by atoms with Gasteiger partial charge in [-0.3, -0.25) is 5.01 Å². The van der Waals surface area contributed by atoms with Crippen LogP contribution in [-0.4, -0.2) is 49.4 Å². The molecule has 5 heteroatoms. The second-order valence-corrected chi connectivity index (χ2v) is 7.76. The van der Waals surface area contributed by atoms with E-state index in [9.17, 15) is 0 Å². The molecule has 0 aliphatic carbocycles. The van der Waals surface area contributed by atoms with Gasteiger partial charge >= 0.3 is 0 Å². The van der Waals surface area contributed by atoms with Crippen LogP contribution in [0.25, 0.3) is 0 Å². The minimum absolute atomic E-state index is 0.488. The Kier molecular flexibility index (Phi) is 7.19. The first-order chi connectivity index (χ1) is 15.3. The van der Waals surface area contributed by atoms with Crippen LogP contribution in [0, 0.1) is 0 Å². The van der Waals surface area contributed by atoms with Gasteiger partial charge in [0.1, 0.15) is 13.2 Å². The Morgan fingerprint density at radius 1 is 0.742 bits per heavy atom. The molecule has 0 atom stereocenters. The number of hydrazone groups is 1. The van der Waals surface area contributed by atoms with Gasteiger partial charge in [-0.1, -0.05) is 60.7 Å². The molecule has 3 aromatic carbocycles. The molecule has 0 spiro atoms. The highest BCUT2D eigenvalue weighted by Gasteiger charge is 2.12. The highest BCUT2D eigenvalue weighted by atomic mass is 16.5. The van der Waals surface area contributed by atoms with Crippen molar-refractivity contribution in [1.29, 1.82) is 0 Å². The van der Waals surface area contributed by atoms with Crippen molar-refractivity contribution in [2.24, 2.45) is 5.10 Å². The van der Waals surface area contributed by atoms with Crippen molar-refractivity contribution in [1.82, 2.24) is 9.91 Å². The summed E-state index contributed by atoms with van der Waals surface area (Å²) < 4.78 is 12.2. The van der Waals surface area contributed by atoms with Crippen molar-refractivity contribution in [3.63, 3.8) is 0 Å².